The molecule has 0 aromatic heterocycles. The Morgan fingerprint density at radius 2 is 2.29 bits per heavy atom. The van der Waals surface area contributed by atoms with Crippen molar-refractivity contribution >= 4 is 0 Å². The van der Waals surface area contributed by atoms with Gasteiger partial charge >= 0.3 is 0 Å². The summed E-state index contributed by atoms with van der Waals surface area (Å²) in [4.78, 5) is 2.69. The molecule has 0 radical (unpaired) electrons. The van der Waals surface area contributed by atoms with Crippen LogP contribution in [0.3, 0.4) is 0 Å². The van der Waals surface area contributed by atoms with Crippen LogP contribution in [-0.4, -0.2) is 29.1 Å². The molecule has 2 aliphatic rings. The van der Waals surface area contributed by atoms with Gasteiger partial charge in [-0.2, -0.15) is 0 Å². The van der Waals surface area contributed by atoms with Gasteiger partial charge in [-0.25, -0.2) is 0 Å². The van der Waals surface area contributed by atoms with Gasteiger partial charge in [0.05, 0.1) is 0 Å². The minimum atomic E-state index is 0.214. The van der Waals surface area contributed by atoms with Crippen LogP contribution in [0.25, 0.3) is 0 Å². The van der Waals surface area contributed by atoms with Gasteiger partial charge in [0.1, 0.15) is 5.75 Å². The largest absolute Gasteiger partial charge is 0.508 e. The highest BCUT2D eigenvalue weighted by Gasteiger charge is 2.48. The number of benzene rings is 1. The maximum absolute atomic E-state index is 9.86. The smallest absolute Gasteiger partial charge is 0.115 e. The highest BCUT2D eigenvalue weighted by Crippen LogP contribution is 2.49. The summed E-state index contributed by atoms with van der Waals surface area (Å²) in [5, 5.41) is 9.86. The number of nitrogens with zero attached hydrogens (tertiary/aromatic N) is 1. The first-order chi connectivity index (χ1) is 10.1. The number of phenolic OH excluding ortho intramolecular Hbond substituents is 1. The van der Waals surface area contributed by atoms with Crippen molar-refractivity contribution in [1.29, 1.82) is 0 Å². The Hall–Kier alpha value is -1.28. The first kappa shape index (κ1) is 14.6. The standard InChI is InChI=1S/C19H27NO/c1-4-5-6-10-20-11-9-19(3)14(2)18(20)12-15-7-8-16(21)13-17(15)19/h4,7-8,13-14,18,21H,1,5-6,9-12H2,2-3H3/t14?,18?,19-/m0/s1. The number of fused-ring (bicyclic) bond motifs is 4. The van der Waals surface area contributed by atoms with Crippen LogP contribution in [0.1, 0.15) is 44.2 Å². The van der Waals surface area contributed by atoms with Gasteiger partial charge in [0.15, 0.2) is 0 Å². The maximum Gasteiger partial charge on any atom is 0.115 e. The van der Waals surface area contributed by atoms with Crippen molar-refractivity contribution in [3.05, 3.63) is 42.0 Å². The first-order valence-electron chi connectivity index (χ1n) is 8.23. The summed E-state index contributed by atoms with van der Waals surface area (Å²) in [7, 11) is 0. The Labute approximate surface area is 128 Å². The minimum Gasteiger partial charge on any atom is -0.508 e. The lowest BCUT2D eigenvalue weighted by Gasteiger charge is -2.54. The van der Waals surface area contributed by atoms with Crippen LogP contribution < -0.4 is 0 Å². The number of hydrogen-bond donors (Lipinski definition) is 1. The molecule has 1 heterocycles. The molecule has 1 saturated heterocycles. The Kier molecular flexibility index (Phi) is 3.83. The van der Waals surface area contributed by atoms with Crippen molar-refractivity contribution in [1.82, 2.24) is 4.90 Å². The summed E-state index contributed by atoms with van der Waals surface area (Å²) in [6.07, 6.45) is 6.66. The second kappa shape index (κ2) is 5.49. The monoisotopic (exact) mass is 285 g/mol. The molecule has 1 aromatic carbocycles. The summed E-state index contributed by atoms with van der Waals surface area (Å²) in [6, 6.07) is 6.63. The quantitative estimate of drug-likeness (QED) is 0.670. The molecule has 1 aliphatic heterocycles. The number of likely N-dealkylation sites (tertiary alicyclic amines) is 1. The summed E-state index contributed by atoms with van der Waals surface area (Å²) in [6.45, 7) is 11.0. The van der Waals surface area contributed by atoms with Crippen molar-refractivity contribution in [2.75, 3.05) is 13.1 Å². The number of unbranched alkanes of at least 4 members (excludes halogenated alkanes) is 1. The summed E-state index contributed by atoms with van der Waals surface area (Å²) >= 11 is 0. The lowest BCUT2D eigenvalue weighted by atomic mass is 9.59. The minimum absolute atomic E-state index is 0.214. The van der Waals surface area contributed by atoms with Crippen LogP contribution in [0.2, 0.25) is 0 Å². The lowest BCUT2D eigenvalue weighted by Crippen LogP contribution is -2.58. The highest BCUT2D eigenvalue weighted by atomic mass is 16.3. The molecule has 2 heteroatoms. The van der Waals surface area contributed by atoms with E-state index in [1.54, 1.807) is 0 Å². The predicted octanol–water partition coefficient (Wildman–Crippen LogP) is 3.88. The number of piperidine rings is 1. The van der Waals surface area contributed by atoms with E-state index >= 15 is 0 Å². The zero-order valence-corrected chi connectivity index (χ0v) is 13.3. The van der Waals surface area contributed by atoms with E-state index in [9.17, 15) is 5.11 Å². The summed E-state index contributed by atoms with van der Waals surface area (Å²) in [5.41, 5.74) is 3.04. The maximum atomic E-state index is 9.86. The molecule has 1 N–H and O–H groups in total. The van der Waals surface area contributed by atoms with Gasteiger partial charge in [-0.3, -0.25) is 4.90 Å². The molecule has 0 spiro atoms. The first-order valence-corrected chi connectivity index (χ1v) is 8.23. The Bertz CT molecular complexity index is 538. The van der Waals surface area contributed by atoms with Crippen LogP contribution in [0.15, 0.2) is 30.9 Å². The molecule has 2 bridgehead atoms. The fourth-order valence-electron chi connectivity index (χ4n) is 4.41. The normalized spacial score (nSPS) is 31.7. The van der Waals surface area contributed by atoms with Crippen LogP contribution in [-0.2, 0) is 11.8 Å². The van der Waals surface area contributed by atoms with E-state index in [2.05, 4.69) is 31.4 Å². The summed E-state index contributed by atoms with van der Waals surface area (Å²) < 4.78 is 0. The molecule has 1 aromatic rings. The van der Waals surface area contributed by atoms with Crippen LogP contribution in [0, 0.1) is 5.92 Å². The van der Waals surface area contributed by atoms with Crippen molar-refractivity contribution < 1.29 is 5.11 Å². The molecular formula is C19H27NO. The molecular weight excluding hydrogens is 258 g/mol. The van der Waals surface area contributed by atoms with Crippen molar-refractivity contribution in [3.63, 3.8) is 0 Å². The average Bonchev–Trinajstić information content (AvgIpc) is 2.46. The SMILES string of the molecule is C=CCCCN1CC[C@]2(C)c3cc(O)ccc3CC1C2C. The van der Waals surface area contributed by atoms with Gasteiger partial charge in [0.2, 0.25) is 0 Å². The van der Waals surface area contributed by atoms with Crippen molar-refractivity contribution in [2.45, 2.75) is 51.0 Å². The second-order valence-corrected chi connectivity index (χ2v) is 7.04. The van der Waals surface area contributed by atoms with E-state index in [1.807, 2.05) is 18.2 Å². The van der Waals surface area contributed by atoms with E-state index in [0.29, 0.717) is 17.7 Å². The third-order valence-electron chi connectivity index (χ3n) is 5.96. The van der Waals surface area contributed by atoms with Crippen LogP contribution in [0.4, 0.5) is 0 Å². The van der Waals surface area contributed by atoms with Gasteiger partial charge in [0, 0.05) is 6.04 Å². The van der Waals surface area contributed by atoms with E-state index in [4.69, 9.17) is 0 Å². The molecule has 1 fully saturated rings. The zero-order valence-electron chi connectivity index (χ0n) is 13.3. The lowest BCUT2D eigenvalue weighted by molar-refractivity contribution is 0.0309. The molecule has 3 rings (SSSR count). The molecule has 114 valence electrons. The van der Waals surface area contributed by atoms with Gasteiger partial charge in [0.25, 0.3) is 0 Å². The predicted molar refractivity (Wildman–Crippen MR) is 87.7 cm³/mol. The average molecular weight is 285 g/mol. The van der Waals surface area contributed by atoms with E-state index in [-0.39, 0.29) is 5.41 Å². The molecule has 21 heavy (non-hydrogen) atoms. The van der Waals surface area contributed by atoms with Gasteiger partial charge < -0.3 is 5.11 Å². The van der Waals surface area contributed by atoms with Crippen molar-refractivity contribution in [2.24, 2.45) is 5.92 Å². The summed E-state index contributed by atoms with van der Waals surface area (Å²) in [5.74, 6) is 1.05. The fourth-order valence-corrected chi connectivity index (χ4v) is 4.41. The van der Waals surface area contributed by atoms with Gasteiger partial charge in [-0.1, -0.05) is 26.0 Å². The van der Waals surface area contributed by atoms with Gasteiger partial charge in [-0.05, 0) is 73.4 Å². The van der Waals surface area contributed by atoms with Crippen LogP contribution in [0.5, 0.6) is 5.75 Å². The van der Waals surface area contributed by atoms with Gasteiger partial charge in [-0.15, -0.1) is 6.58 Å². The highest BCUT2D eigenvalue weighted by molar-refractivity contribution is 5.44. The fraction of sp³-hybridized carbons (Fsp3) is 0.579. The number of rotatable bonds is 4. The third kappa shape index (κ3) is 2.40. The Balaban J connectivity index is 1.88. The van der Waals surface area contributed by atoms with Crippen molar-refractivity contribution in [3.8, 4) is 5.75 Å². The molecule has 0 saturated carbocycles. The molecule has 2 nitrogen and oxygen atoms in total. The Morgan fingerprint density at radius 3 is 3.05 bits per heavy atom. The van der Waals surface area contributed by atoms with E-state index in [1.165, 1.54) is 37.1 Å². The van der Waals surface area contributed by atoms with E-state index < -0.39 is 0 Å². The molecule has 2 unspecified atom stereocenters. The number of allylic oxidation sites excluding steroid dienone is 1. The Morgan fingerprint density at radius 1 is 1.48 bits per heavy atom. The molecule has 3 atom stereocenters. The van der Waals surface area contributed by atoms with E-state index in [0.717, 1.165) is 12.8 Å². The number of aromatic hydroxyl groups is 1. The molecule has 1 aliphatic carbocycles. The number of phenols is 1. The van der Waals surface area contributed by atoms with Crippen LogP contribution >= 0.6 is 0 Å². The topological polar surface area (TPSA) is 23.5 Å². The zero-order chi connectivity index (χ0) is 15.0. The number of hydrogen-bond acceptors (Lipinski definition) is 2. The molecule has 0 amide bonds. The second-order valence-electron chi connectivity index (χ2n) is 7.04. The third-order valence-corrected chi connectivity index (χ3v) is 5.96.